The minimum atomic E-state index is -1.44. The molecule has 0 aliphatic rings. The van der Waals surface area contributed by atoms with Crippen LogP contribution < -0.4 is 0 Å². The van der Waals surface area contributed by atoms with Gasteiger partial charge >= 0.3 is 0 Å². The van der Waals surface area contributed by atoms with Gasteiger partial charge in [0.15, 0.2) is 10.8 Å². The highest BCUT2D eigenvalue weighted by atomic mass is 35.5. The molecule has 0 aliphatic carbocycles. The molecule has 0 amide bonds. The number of rotatable bonds is 4. The third kappa shape index (κ3) is 2.98. The SMILES string of the molecule is OC(Cn1cncn1)(c1ccc(Cl)cc1)c1nc(Cl)c(Cl)s1. The van der Waals surface area contributed by atoms with Gasteiger partial charge in [0.2, 0.25) is 0 Å². The minimum Gasteiger partial charge on any atom is -0.376 e. The molecule has 5 nitrogen and oxygen atoms in total. The number of hydrogen-bond acceptors (Lipinski definition) is 5. The van der Waals surface area contributed by atoms with Crippen LogP contribution in [0.1, 0.15) is 10.6 Å². The van der Waals surface area contributed by atoms with Crippen molar-refractivity contribution in [1.29, 1.82) is 0 Å². The van der Waals surface area contributed by atoms with E-state index >= 15 is 0 Å². The standard InChI is InChI=1S/C13H9Cl3N4OS/c14-9-3-1-8(2-4-9)13(21,5-20-7-17-6-18-20)12-19-10(15)11(16)22-12/h1-4,6-7,21H,5H2. The van der Waals surface area contributed by atoms with Crippen LogP contribution in [-0.2, 0) is 12.1 Å². The molecule has 2 aromatic heterocycles. The second kappa shape index (κ2) is 6.14. The van der Waals surface area contributed by atoms with Gasteiger partial charge in [-0.2, -0.15) is 5.10 Å². The summed E-state index contributed by atoms with van der Waals surface area (Å²) >= 11 is 19.0. The fourth-order valence-electron chi connectivity index (χ4n) is 2.02. The first-order valence-electron chi connectivity index (χ1n) is 6.12. The van der Waals surface area contributed by atoms with E-state index in [1.54, 1.807) is 24.3 Å². The maximum atomic E-state index is 11.3. The van der Waals surface area contributed by atoms with E-state index in [9.17, 15) is 5.11 Å². The van der Waals surface area contributed by atoms with Gasteiger partial charge in [-0.15, -0.1) is 11.3 Å². The van der Waals surface area contributed by atoms with Crippen molar-refractivity contribution in [3.63, 3.8) is 0 Å². The third-order valence-electron chi connectivity index (χ3n) is 3.08. The van der Waals surface area contributed by atoms with Crippen LogP contribution in [0.4, 0.5) is 0 Å². The summed E-state index contributed by atoms with van der Waals surface area (Å²) in [5.41, 5.74) is -0.839. The van der Waals surface area contributed by atoms with Crippen molar-refractivity contribution >= 4 is 46.1 Å². The Labute approximate surface area is 145 Å². The lowest BCUT2D eigenvalue weighted by molar-refractivity contribution is 0.0570. The second-order valence-corrected chi connectivity index (χ2v) is 6.94. The van der Waals surface area contributed by atoms with Gasteiger partial charge in [-0.1, -0.05) is 46.9 Å². The Kier molecular flexibility index (Phi) is 4.38. The van der Waals surface area contributed by atoms with Crippen molar-refractivity contribution in [2.45, 2.75) is 12.1 Å². The molecule has 0 bridgehead atoms. The van der Waals surface area contributed by atoms with E-state index in [0.717, 1.165) is 11.3 Å². The second-order valence-electron chi connectivity index (χ2n) is 4.54. The summed E-state index contributed by atoms with van der Waals surface area (Å²) < 4.78 is 1.83. The van der Waals surface area contributed by atoms with Crippen LogP contribution >= 0.6 is 46.1 Å². The molecule has 3 aromatic rings. The zero-order chi connectivity index (χ0) is 15.7. The highest BCUT2D eigenvalue weighted by Crippen LogP contribution is 2.39. The van der Waals surface area contributed by atoms with E-state index in [1.807, 2.05) is 0 Å². The Bertz CT molecular complexity index is 756. The lowest BCUT2D eigenvalue weighted by Gasteiger charge is -2.26. The van der Waals surface area contributed by atoms with Crippen molar-refractivity contribution in [2.75, 3.05) is 0 Å². The zero-order valence-corrected chi connectivity index (χ0v) is 14.0. The third-order valence-corrected chi connectivity index (χ3v) is 5.22. The van der Waals surface area contributed by atoms with Gasteiger partial charge in [-0.05, 0) is 17.7 Å². The predicted molar refractivity (Wildman–Crippen MR) is 86.6 cm³/mol. The Morgan fingerprint density at radius 2 is 1.91 bits per heavy atom. The quantitative estimate of drug-likeness (QED) is 0.756. The number of halogens is 3. The smallest absolute Gasteiger partial charge is 0.160 e. The Hall–Kier alpha value is -1.18. The van der Waals surface area contributed by atoms with E-state index in [-0.39, 0.29) is 11.7 Å². The summed E-state index contributed by atoms with van der Waals surface area (Å²) in [6, 6.07) is 6.84. The molecule has 0 spiro atoms. The summed E-state index contributed by atoms with van der Waals surface area (Å²) in [5, 5.41) is 16.4. The molecule has 2 heterocycles. The van der Waals surface area contributed by atoms with Crippen LogP contribution in [-0.4, -0.2) is 24.9 Å². The first kappa shape index (κ1) is 15.7. The number of nitrogens with zero attached hydrogens (tertiary/aromatic N) is 4. The molecule has 0 saturated carbocycles. The molecule has 1 aromatic carbocycles. The highest BCUT2D eigenvalue weighted by molar-refractivity contribution is 7.16. The summed E-state index contributed by atoms with van der Waals surface area (Å²) in [5.74, 6) is 0. The van der Waals surface area contributed by atoms with Gasteiger partial charge < -0.3 is 5.11 Å². The molecule has 0 fully saturated rings. The normalized spacial score (nSPS) is 14.0. The van der Waals surface area contributed by atoms with Crippen molar-refractivity contribution in [3.8, 4) is 0 Å². The Morgan fingerprint density at radius 1 is 1.18 bits per heavy atom. The number of hydrogen-bond donors (Lipinski definition) is 1. The van der Waals surface area contributed by atoms with Crippen molar-refractivity contribution in [3.05, 3.63) is 62.0 Å². The monoisotopic (exact) mass is 374 g/mol. The maximum absolute atomic E-state index is 11.3. The summed E-state index contributed by atoms with van der Waals surface area (Å²) in [7, 11) is 0. The largest absolute Gasteiger partial charge is 0.376 e. The van der Waals surface area contributed by atoms with Gasteiger partial charge in [-0.3, -0.25) is 0 Å². The molecule has 1 unspecified atom stereocenters. The molecule has 0 aliphatic heterocycles. The highest BCUT2D eigenvalue weighted by Gasteiger charge is 2.36. The first-order chi connectivity index (χ1) is 10.5. The van der Waals surface area contributed by atoms with E-state index < -0.39 is 5.60 Å². The van der Waals surface area contributed by atoms with E-state index in [2.05, 4.69) is 15.1 Å². The number of thiazole rings is 1. The molecule has 3 rings (SSSR count). The lowest BCUT2D eigenvalue weighted by Crippen LogP contribution is -2.33. The topological polar surface area (TPSA) is 63.8 Å². The van der Waals surface area contributed by atoms with Gasteiger partial charge in [0.25, 0.3) is 0 Å². The predicted octanol–water partition coefficient (Wildman–Crippen LogP) is 3.63. The van der Waals surface area contributed by atoms with Crippen LogP contribution in [0.5, 0.6) is 0 Å². The molecular weight excluding hydrogens is 367 g/mol. The molecule has 1 N–H and O–H groups in total. The van der Waals surface area contributed by atoms with E-state index in [4.69, 9.17) is 34.8 Å². The van der Waals surface area contributed by atoms with Crippen LogP contribution in [0.2, 0.25) is 14.5 Å². The van der Waals surface area contributed by atoms with Crippen molar-refractivity contribution in [1.82, 2.24) is 19.7 Å². The molecule has 114 valence electrons. The fraction of sp³-hybridized carbons (Fsp3) is 0.154. The first-order valence-corrected chi connectivity index (χ1v) is 8.07. The van der Waals surface area contributed by atoms with E-state index in [0.29, 0.717) is 19.9 Å². The fourth-order valence-corrected chi connectivity index (χ4v) is 3.44. The van der Waals surface area contributed by atoms with Crippen LogP contribution in [0.3, 0.4) is 0 Å². The van der Waals surface area contributed by atoms with Crippen LogP contribution in [0.15, 0.2) is 36.9 Å². The van der Waals surface area contributed by atoms with Crippen molar-refractivity contribution < 1.29 is 5.11 Å². The van der Waals surface area contributed by atoms with Gasteiger partial charge in [0, 0.05) is 5.02 Å². The Balaban J connectivity index is 2.10. The maximum Gasteiger partial charge on any atom is 0.160 e. The molecule has 1 atom stereocenters. The Morgan fingerprint density at radius 3 is 2.45 bits per heavy atom. The minimum absolute atomic E-state index is 0.120. The summed E-state index contributed by atoms with van der Waals surface area (Å²) in [4.78, 5) is 8.05. The molecule has 0 saturated heterocycles. The zero-order valence-electron chi connectivity index (χ0n) is 10.9. The number of benzene rings is 1. The number of aliphatic hydroxyl groups is 1. The average molecular weight is 376 g/mol. The van der Waals surface area contributed by atoms with Gasteiger partial charge in [0.05, 0.1) is 6.54 Å². The number of aromatic nitrogens is 4. The van der Waals surface area contributed by atoms with Crippen molar-refractivity contribution in [2.24, 2.45) is 0 Å². The summed E-state index contributed by atoms with van der Waals surface area (Å²) in [6.07, 6.45) is 2.90. The lowest BCUT2D eigenvalue weighted by atomic mass is 9.94. The summed E-state index contributed by atoms with van der Waals surface area (Å²) in [6.45, 7) is 0.120. The molecule has 22 heavy (non-hydrogen) atoms. The van der Waals surface area contributed by atoms with Gasteiger partial charge in [-0.25, -0.2) is 14.6 Å². The molecule has 9 heteroatoms. The van der Waals surface area contributed by atoms with Gasteiger partial charge in [0.1, 0.15) is 22.0 Å². The molecular formula is C13H9Cl3N4OS. The molecule has 0 radical (unpaired) electrons. The van der Waals surface area contributed by atoms with E-state index in [1.165, 1.54) is 17.3 Å². The van der Waals surface area contributed by atoms with Crippen LogP contribution in [0, 0.1) is 0 Å². The van der Waals surface area contributed by atoms with Crippen LogP contribution in [0.25, 0.3) is 0 Å². The average Bonchev–Trinajstić information content (AvgIpc) is 3.10.